The monoisotopic (exact) mass is 239 g/mol. The van der Waals surface area contributed by atoms with Crippen LogP contribution in [0.4, 0.5) is 0 Å². The smallest absolute Gasteiger partial charge is 0.255 e. The first-order chi connectivity index (χ1) is 7.17. The van der Waals surface area contributed by atoms with Crippen molar-refractivity contribution < 1.29 is 9.53 Å². The van der Waals surface area contributed by atoms with Gasteiger partial charge in [-0.1, -0.05) is 0 Å². The summed E-state index contributed by atoms with van der Waals surface area (Å²) in [6.45, 7) is -0.268. The molecule has 0 heterocycles. The number of carbonyl (C=O) groups excluding carboxylic acids is 1. The van der Waals surface area contributed by atoms with Crippen molar-refractivity contribution in [2.24, 2.45) is 5.73 Å². The summed E-state index contributed by atoms with van der Waals surface area (Å²) in [6.07, 6.45) is 1.08. The zero-order valence-electron chi connectivity index (χ0n) is 8.27. The molecule has 6 heteroatoms. The standard InChI is InChI=1S/C10H9N3O2.ClH/c11-4-7-1-2-8(5-12)9(3-7)15-6-10(13)14;/h1-3,5,12H,6H2,(H2,13,14);1H. The Morgan fingerprint density at radius 1 is 1.62 bits per heavy atom. The number of hydrogen-bond donors (Lipinski definition) is 2. The molecule has 0 spiro atoms. The van der Waals surface area contributed by atoms with Gasteiger partial charge < -0.3 is 15.9 Å². The van der Waals surface area contributed by atoms with Gasteiger partial charge >= 0.3 is 0 Å². The van der Waals surface area contributed by atoms with Gasteiger partial charge in [0.15, 0.2) is 6.61 Å². The lowest BCUT2D eigenvalue weighted by Crippen LogP contribution is -2.20. The van der Waals surface area contributed by atoms with E-state index >= 15 is 0 Å². The molecule has 0 fully saturated rings. The van der Waals surface area contributed by atoms with Gasteiger partial charge in [-0.3, -0.25) is 4.79 Å². The van der Waals surface area contributed by atoms with Crippen LogP contribution in [0, 0.1) is 16.7 Å². The number of ether oxygens (including phenoxy) is 1. The lowest BCUT2D eigenvalue weighted by Gasteiger charge is -2.06. The summed E-state index contributed by atoms with van der Waals surface area (Å²) in [4.78, 5) is 10.5. The fraction of sp³-hybridized carbons (Fsp3) is 0.100. The average Bonchev–Trinajstić information content (AvgIpc) is 2.25. The van der Waals surface area contributed by atoms with E-state index in [9.17, 15) is 4.79 Å². The fourth-order valence-corrected chi connectivity index (χ4v) is 0.997. The number of benzene rings is 1. The highest BCUT2D eigenvalue weighted by Gasteiger charge is 2.04. The molecule has 0 unspecified atom stereocenters. The molecule has 1 amide bonds. The lowest BCUT2D eigenvalue weighted by molar-refractivity contribution is -0.119. The fourth-order valence-electron chi connectivity index (χ4n) is 0.997. The quantitative estimate of drug-likeness (QED) is 0.762. The number of nitriles is 1. The molecule has 0 saturated heterocycles. The molecule has 0 atom stereocenters. The number of nitrogens with two attached hydrogens (primary N) is 1. The van der Waals surface area contributed by atoms with Crippen molar-refractivity contribution in [1.82, 2.24) is 0 Å². The van der Waals surface area contributed by atoms with Gasteiger partial charge in [0.25, 0.3) is 5.91 Å². The normalized spacial score (nSPS) is 8.44. The molecular formula is C10H10ClN3O2. The Morgan fingerprint density at radius 3 is 2.81 bits per heavy atom. The van der Waals surface area contributed by atoms with Crippen molar-refractivity contribution in [3.05, 3.63) is 29.3 Å². The molecule has 0 bridgehead atoms. The maximum atomic E-state index is 10.5. The molecule has 0 aliphatic rings. The maximum absolute atomic E-state index is 10.5. The van der Waals surface area contributed by atoms with Gasteiger partial charge in [0.05, 0.1) is 11.6 Å². The number of primary amides is 1. The van der Waals surface area contributed by atoms with E-state index < -0.39 is 5.91 Å². The van der Waals surface area contributed by atoms with Gasteiger partial charge in [0.1, 0.15) is 5.75 Å². The van der Waals surface area contributed by atoms with Crippen LogP contribution in [0.5, 0.6) is 5.75 Å². The number of nitrogens with zero attached hydrogens (tertiary/aromatic N) is 1. The SMILES string of the molecule is Cl.N#Cc1ccc(C=N)c(OCC(N)=O)c1. The van der Waals surface area contributed by atoms with Crippen LogP contribution in [0.1, 0.15) is 11.1 Å². The largest absolute Gasteiger partial charge is 0.483 e. The van der Waals surface area contributed by atoms with Crippen LogP contribution < -0.4 is 10.5 Å². The number of rotatable bonds is 4. The maximum Gasteiger partial charge on any atom is 0.255 e. The van der Waals surface area contributed by atoms with Gasteiger partial charge in [0, 0.05) is 11.8 Å². The molecule has 1 aromatic rings. The number of nitrogens with one attached hydrogen (secondary N) is 1. The van der Waals surface area contributed by atoms with E-state index in [4.69, 9.17) is 21.1 Å². The Labute approximate surface area is 98.7 Å². The van der Waals surface area contributed by atoms with Crippen LogP contribution in [0.15, 0.2) is 18.2 Å². The molecule has 16 heavy (non-hydrogen) atoms. The lowest BCUT2D eigenvalue weighted by atomic mass is 10.1. The summed E-state index contributed by atoms with van der Waals surface area (Å²) in [5.74, 6) is -0.295. The third-order valence-electron chi connectivity index (χ3n) is 1.67. The number of halogens is 1. The van der Waals surface area contributed by atoms with E-state index in [1.54, 1.807) is 12.1 Å². The minimum Gasteiger partial charge on any atom is -0.483 e. The predicted molar refractivity (Wildman–Crippen MR) is 61.0 cm³/mol. The zero-order valence-corrected chi connectivity index (χ0v) is 9.08. The number of amides is 1. The second kappa shape index (κ2) is 6.43. The summed E-state index contributed by atoms with van der Waals surface area (Å²) in [5, 5.41) is 15.7. The van der Waals surface area contributed by atoms with Gasteiger partial charge in [-0.15, -0.1) is 12.4 Å². The summed E-state index contributed by atoms with van der Waals surface area (Å²) in [5.41, 5.74) is 5.81. The molecule has 84 valence electrons. The molecule has 5 nitrogen and oxygen atoms in total. The van der Waals surface area contributed by atoms with Crippen LogP contribution in [0.25, 0.3) is 0 Å². The van der Waals surface area contributed by atoms with Crippen LogP contribution in [-0.2, 0) is 4.79 Å². The van der Waals surface area contributed by atoms with Crippen molar-refractivity contribution in [1.29, 1.82) is 10.7 Å². The summed E-state index contributed by atoms with van der Waals surface area (Å²) in [6, 6.07) is 6.53. The Bertz CT molecular complexity index is 440. The van der Waals surface area contributed by atoms with Crippen molar-refractivity contribution in [2.75, 3.05) is 6.61 Å². The molecule has 3 N–H and O–H groups in total. The van der Waals surface area contributed by atoms with Crippen LogP contribution in [0.3, 0.4) is 0 Å². The highest BCUT2D eigenvalue weighted by Crippen LogP contribution is 2.18. The van der Waals surface area contributed by atoms with E-state index in [0.29, 0.717) is 16.9 Å². The molecular weight excluding hydrogens is 230 g/mol. The first-order valence-corrected chi connectivity index (χ1v) is 4.13. The minimum atomic E-state index is -0.603. The molecule has 0 radical (unpaired) electrons. The molecule has 0 aromatic heterocycles. The minimum absolute atomic E-state index is 0. The Kier molecular flexibility index (Phi) is 5.60. The van der Waals surface area contributed by atoms with Crippen molar-refractivity contribution in [3.63, 3.8) is 0 Å². The summed E-state index contributed by atoms with van der Waals surface area (Å²) in [7, 11) is 0. The van der Waals surface area contributed by atoms with E-state index in [0.717, 1.165) is 6.21 Å². The zero-order chi connectivity index (χ0) is 11.3. The van der Waals surface area contributed by atoms with Gasteiger partial charge in [-0.05, 0) is 18.2 Å². The van der Waals surface area contributed by atoms with Crippen LogP contribution in [-0.4, -0.2) is 18.7 Å². The van der Waals surface area contributed by atoms with E-state index in [1.807, 2.05) is 6.07 Å². The van der Waals surface area contributed by atoms with Gasteiger partial charge in [-0.25, -0.2) is 0 Å². The van der Waals surface area contributed by atoms with Crippen molar-refractivity contribution >= 4 is 24.5 Å². The Hall–Kier alpha value is -2.06. The average molecular weight is 240 g/mol. The first kappa shape index (κ1) is 13.9. The number of hydrogen-bond acceptors (Lipinski definition) is 4. The highest BCUT2D eigenvalue weighted by molar-refractivity contribution is 5.85. The predicted octanol–water partition coefficient (Wildman–Crippen LogP) is 0.842. The Balaban J connectivity index is 0.00000225. The summed E-state index contributed by atoms with van der Waals surface area (Å²) >= 11 is 0. The van der Waals surface area contributed by atoms with Crippen LogP contribution >= 0.6 is 12.4 Å². The molecule has 1 aromatic carbocycles. The summed E-state index contributed by atoms with van der Waals surface area (Å²) < 4.78 is 5.06. The van der Waals surface area contributed by atoms with Gasteiger partial charge in [0.2, 0.25) is 0 Å². The molecule has 0 aliphatic carbocycles. The molecule has 1 rings (SSSR count). The van der Waals surface area contributed by atoms with E-state index in [-0.39, 0.29) is 19.0 Å². The third-order valence-corrected chi connectivity index (χ3v) is 1.67. The Morgan fingerprint density at radius 2 is 2.31 bits per heavy atom. The highest BCUT2D eigenvalue weighted by atomic mass is 35.5. The van der Waals surface area contributed by atoms with E-state index in [1.165, 1.54) is 6.07 Å². The second-order valence-corrected chi connectivity index (χ2v) is 2.76. The molecule has 0 saturated carbocycles. The van der Waals surface area contributed by atoms with Gasteiger partial charge in [-0.2, -0.15) is 5.26 Å². The van der Waals surface area contributed by atoms with Crippen molar-refractivity contribution in [3.8, 4) is 11.8 Å². The van der Waals surface area contributed by atoms with E-state index in [2.05, 4.69) is 0 Å². The topological polar surface area (TPSA) is 100.0 Å². The molecule has 0 aliphatic heterocycles. The van der Waals surface area contributed by atoms with Crippen LogP contribution in [0.2, 0.25) is 0 Å². The number of carbonyl (C=O) groups is 1. The van der Waals surface area contributed by atoms with Crippen molar-refractivity contribution in [2.45, 2.75) is 0 Å². The second-order valence-electron chi connectivity index (χ2n) is 2.76. The third kappa shape index (κ3) is 3.59. The first-order valence-electron chi connectivity index (χ1n) is 4.13.